The van der Waals surface area contributed by atoms with Gasteiger partial charge in [0, 0.05) is 18.8 Å². The van der Waals surface area contributed by atoms with Crippen molar-refractivity contribution < 1.29 is 0 Å². The van der Waals surface area contributed by atoms with E-state index in [4.69, 9.17) is 0 Å². The van der Waals surface area contributed by atoms with Crippen LogP contribution in [-0.4, -0.2) is 13.1 Å². The van der Waals surface area contributed by atoms with E-state index < -0.39 is 0 Å². The molecule has 1 nitrogen and oxygen atoms in total. The highest BCUT2D eigenvalue weighted by molar-refractivity contribution is 5.45. The second-order valence-corrected chi connectivity index (χ2v) is 5.62. The summed E-state index contributed by atoms with van der Waals surface area (Å²) in [5.41, 5.74) is 1.41. The van der Waals surface area contributed by atoms with E-state index in [1.54, 1.807) is 0 Å². The quantitative estimate of drug-likeness (QED) is 0.669. The Morgan fingerprint density at radius 1 is 1.06 bits per heavy atom. The normalized spacial score (nSPS) is 20.7. The lowest BCUT2D eigenvalue weighted by Gasteiger charge is -2.22. The zero-order valence-electron chi connectivity index (χ0n) is 11.8. The topological polar surface area (TPSA) is 3.24 Å². The van der Waals surface area contributed by atoms with Gasteiger partial charge >= 0.3 is 0 Å². The summed E-state index contributed by atoms with van der Waals surface area (Å²) >= 11 is 0. The number of para-hydroxylation sites is 1. The van der Waals surface area contributed by atoms with Crippen LogP contribution in [0.15, 0.2) is 30.3 Å². The van der Waals surface area contributed by atoms with Gasteiger partial charge in [-0.15, -0.1) is 0 Å². The third-order valence-electron chi connectivity index (χ3n) is 4.18. The van der Waals surface area contributed by atoms with Gasteiger partial charge in [-0.2, -0.15) is 0 Å². The Labute approximate surface area is 112 Å². The first kappa shape index (κ1) is 13.5. The predicted molar refractivity (Wildman–Crippen MR) is 80.1 cm³/mol. The molecule has 18 heavy (non-hydrogen) atoms. The predicted octanol–water partition coefficient (Wildman–Crippen LogP) is 4.87. The molecule has 1 saturated heterocycles. The van der Waals surface area contributed by atoms with E-state index in [0.717, 1.165) is 5.92 Å². The maximum absolute atomic E-state index is 2.57. The molecule has 0 aromatic heterocycles. The minimum Gasteiger partial charge on any atom is -0.372 e. The third-order valence-corrected chi connectivity index (χ3v) is 4.18. The molecule has 1 heterocycles. The minimum atomic E-state index is 0.977. The molecule has 0 N–H and O–H groups in total. The van der Waals surface area contributed by atoms with Crippen molar-refractivity contribution in [2.75, 3.05) is 18.0 Å². The van der Waals surface area contributed by atoms with Crippen LogP contribution in [-0.2, 0) is 0 Å². The average molecular weight is 245 g/mol. The fraction of sp³-hybridized carbons (Fsp3) is 0.647. The largest absolute Gasteiger partial charge is 0.372 e. The molecule has 0 aliphatic carbocycles. The fourth-order valence-corrected chi connectivity index (χ4v) is 3.03. The number of hydrogen-bond acceptors (Lipinski definition) is 1. The molecule has 1 aromatic carbocycles. The van der Waals surface area contributed by atoms with E-state index in [1.807, 2.05) is 0 Å². The van der Waals surface area contributed by atoms with Gasteiger partial charge in [0.15, 0.2) is 0 Å². The highest BCUT2D eigenvalue weighted by atomic mass is 15.1. The molecule has 1 aliphatic rings. The third kappa shape index (κ3) is 4.04. The number of hydrogen-bond donors (Lipinski definition) is 0. The van der Waals surface area contributed by atoms with Gasteiger partial charge in [-0.1, -0.05) is 50.8 Å². The van der Waals surface area contributed by atoms with E-state index in [0.29, 0.717) is 0 Å². The second-order valence-electron chi connectivity index (χ2n) is 5.62. The van der Waals surface area contributed by atoms with Crippen LogP contribution in [0, 0.1) is 5.92 Å². The fourth-order valence-electron chi connectivity index (χ4n) is 3.03. The Hall–Kier alpha value is -0.980. The highest BCUT2D eigenvalue weighted by Gasteiger charge is 2.16. The van der Waals surface area contributed by atoms with E-state index in [1.165, 1.54) is 63.7 Å². The van der Waals surface area contributed by atoms with Crippen LogP contribution in [0.2, 0.25) is 0 Å². The zero-order chi connectivity index (χ0) is 12.6. The van der Waals surface area contributed by atoms with Crippen molar-refractivity contribution in [3.8, 4) is 0 Å². The standard InChI is InChI=1S/C17H27N/c1-2-3-5-9-16-10-8-14-18(15-13-16)17-11-6-4-7-12-17/h4,6-7,11-12,16H,2-3,5,8-10,13-15H2,1H3. The van der Waals surface area contributed by atoms with Gasteiger partial charge in [0.2, 0.25) is 0 Å². The highest BCUT2D eigenvalue weighted by Crippen LogP contribution is 2.25. The van der Waals surface area contributed by atoms with Crippen LogP contribution in [0.3, 0.4) is 0 Å². The summed E-state index contributed by atoms with van der Waals surface area (Å²) in [7, 11) is 0. The van der Waals surface area contributed by atoms with Crippen molar-refractivity contribution >= 4 is 5.69 Å². The van der Waals surface area contributed by atoms with Crippen LogP contribution in [0.4, 0.5) is 5.69 Å². The smallest absolute Gasteiger partial charge is 0.0366 e. The molecule has 0 bridgehead atoms. The molecule has 0 radical (unpaired) electrons. The van der Waals surface area contributed by atoms with E-state index in [9.17, 15) is 0 Å². The molecule has 0 saturated carbocycles. The Kier molecular flexibility index (Phi) is 5.57. The van der Waals surface area contributed by atoms with Crippen molar-refractivity contribution in [1.29, 1.82) is 0 Å². The van der Waals surface area contributed by atoms with Gasteiger partial charge in [-0.3, -0.25) is 0 Å². The summed E-state index contributed by atoms with van der Waals surface area (Å²) in [6, 6.07) is 10.9. The van der Waals surface area contributed by atoms with Crippen molar-refractivity contribution in [2.45, 2.75) is 51.9 Å². The number of anilines is 1. The Morgan fingerprint density at radius 2 is 1.89 bits per heavy atom. The van der Waals surface area contributed by atoms with Gasteiger partial charge in [0.25, 0.3) is 0 Å². The summed E-state index contributed by atoms with van der Waals surface area (Å²) in [5.74, 6) is 0.977. The van der Waals surface area contributed by atoms with Crippen LogP contribution < -0.4 is 4.90 Å². The van der Waals surface area contributed by atoms with E-state index in [-0.39, 0.29) is 0 Å². The molecule has 0 spiro atoms. The van der Waals surface area contributed by atoms with Gasteiger partial charge in [0.05, 0.1) is 0 Å². The van der Waals surface area contributed by atoms with Crippen molar-refractivity contribution in [2.24, 2.45) is 5.92 Å². The molecule has 1 fully saturated rings. The Balaban J connectivity index is 1.81. The van der Waals surface area contributed by atoms with E-state index >= 15 is 0 Å². The summed E-state index contributed by atoms with van der Waals surface area (Å²) in [6.45, 7) is 4.79. The lowest BCUT2D eigenvalue weighted by atomic mass is 9.94. The van der Waals surface area contributed by atoms with E-state index in [2.05, 4.69) is 42.2 Å². The van der Waals surface area contributed by atoms with Crippen molar-refractivity contribution in [1.82, 2.24) is 0 Å². The lowest BCUT2D eigenvalue weighted by Crippen LogP contribution is -2.23. The summed E-state index contributed by atoms with van der Waals surface area (Å²) in [5, 5.41) is 0. The first-order chi connectivity index (χ1) is 8.90. The van der Waals surface area contributed by atoms with Gasteiger partial charge < -0.3 is 4.90 Å². The average Bonchev–Trinajstić information content (AvgIpc) is 2.66. The molecule has 1 atom stereocenters. The van der Waals surface area contributed by atoms with Crippen molar-refractivity contribution in [3.63, 3.8) is 0 Å². The van der Waals surface area contributed by atoms with Gasteiger partial charge in [-0.25, -0.2) is 0 Å². The van der Waals surface area contributed by atoms with Crippen molar-refractivity contribution in [3.05, 3.63) is 30.3 Å². The first-order valence-corrected chi connectivity index (χ1v) is 7.70. The molecule has 0 amide bonds. The molecular weight excluding hydrogens is 218 g/mol. The summed E-state index contributed by atoms with van der Waals surface area (Å²) in [6.07, 6.45) is 9.85. The molecule has 2 rings (SSSR count). The summed E-state index contributed by atoms with van der Waals surface area (Å²) < 4.78 is 0. The Bertz CT molecular complexity index is 320. The number of unbranched alkanes of at least 4 members (excludes halogenated alkanes) is 2. The maximum Gasteiger partial charge on any atom is 0.0366 e. The molecule has 1 unspecified atom stereocenters. The SMILES string of the molecule is CCCCCC1CCCN(c2ccccc2)CC1. The molecule has 1 aromatic rings. The monoisotopic (exact) mass is 245 g/mol. The van der Waals surface area contributed by atoms with Crippen LogP contribution in [0.5, 0.6) is 0 Å². The van der Waals surface area contributed by atoms with Gasteiger partial charge in [-0.05, 0) is 37.3 Å². The summed E-state index contributed by atoms with van der Waals surface area (Å²) in [4.78, 5) is 2.57. The lowest BCUT2D eigenvalue weighted by molar-refractivity contribution is 0.419. The number of benzene rings is 1. The minimum absolute atomic E-state index is 0.977. The number of nitrogens with zero attached hydrogens (tertiary/aromatic N) is 1. The molecular formula is C17H27N. The molecule has 1 heteroatoms. The van der Waals surface area contributed by atoms with Crippen LogP contribution in [0.25, 0.3) is 0 Å². The van der Waals surface area contributed by atoms with Gasteiger partial charge in [0.1, 0.15) is 0 Å². The number of rotatable bonds is 5. The first-order valence-electron chi connectivity index (χ1n) is 7.70. The zero-order valence-corrected chi connectivity index (χ0v) is 11.8. The molecule has 1 aliphatic heterocycles. The maximum atomic E-state index is 2.57. The van der Waals surface area contributed by atoms with Crippen LogP contribution in [0.1, 0.15) is 51.9 Å². The second kappa shape index (κ2) is 7.45. The molecule has 100 valence electrons. The van der Waals surface area contributed by atoms with Crippen LogP contribution >= 0.6 is 0 Å². The Morgan fingerprint density at radius 3 is 2.67 bits per heavy atom.